The van der Waals surface area contributed by atoms with Crippen molar-refractivity contribution in [3.05, 3.63) is 69.9 Å². The Morgan fingerprint density at radius 1 is 1.21 bits per heavy atom. The van der Waals surface area contributed by atoms with Crippen molar-refractivity contribution in [2.75, 3.05) is 5.32 Å². The molecule has 1 aromatic heterocycles. The fourth-order valence-corrected chi connectivity index (χ4v) is 3.03. The van der Waals surface area contributed by atoms with Gasteiger partial charge in [-0.25, -0.2) is 4.68 Å². The summed E-state index contributed by atoms with van der Waals surface area (Å²) in [6.07, 6.45) is 1.56. The van der Waals surface area contributed by atoms with Crippen LogP contribution < -0.4 is 14.8 Å². The van der Waals surface area contributed by atoms with Gasteiger partial charge in [0.1, 0.15) is 11.5 Å². The number of benzene rings is 2. The number of hydrogen-bond donors (Lipinski definition) is 1. The van der Waals surface area contributed by atoms with Crippen LogP contribution in [-0.4, -0.2) is 22.3 Å². The number of rotatable bonds is 7. The van der Waals surface area contributed by atoms with Gasteiger partial charge in [0.15, 0.2) is 12.4 Å². The lowest BCUT2D eigenvalue weighted by molar-refractivity contribution is -0.0493. The molecule has 0 aliphatic rings. The first kappa shape index (κ1) is 20.1. The number of amides is 1. The zero-order chi connectivity index (χ0) is 20.1. The summed E-state index contributed by atoms with van der Waals surface area (Å²) in [6, 6.07) is 12.4. The van der Waals surface area contributed by atoms with Crippen molar-refractivity contribution in [2.45, 2.75) is 13.3 Å². The lowest BCUT2D eigenvalue weighted by Gasteiger charge is -2.11. The van der Waals surface area contributed by atoms with Crippen LogP contribution in [0.25, 0.3) is 0 Å². The smallest absolute Gasteiger partial charge is 0.387 e. The minimum absolute atomic E-state index is 0.0542. The van der Waals surface area contributed by atoms with Crippen LogP contribution in [0.2, 0.25) is 5.02 Å². The van der Waals surface area contributed by atoms with E-state index in [0.717, 1.165) is 0 Å². The average molecular weight is 473 g/mol. The zero-order valence-electron chi connectivity index (χ0n) is 14.1. The molecule has 0 bridgehead atoms. The van der Waals surface area contributed by atoms with Crippen LogP contribution in [0.5, 0.6) is 11.5 Å². The summed E-state index contributed by atoms with van der Waals surface area (Å²) in [4.78, 5) is 12.3. The van der Waals surface area contributed by atoms with Crippen molar-refractivity contribution < 1.29 is 23.0 Å². The molecule has 10 heteroatoms. The van der Waals surface area contributed by atoms with Crippen molar-refractivity contribution in [1.29, 1.82) is 0 Å². The summed E-state index contributed by atoms with van der Waals surface area (Å²) in [7, 11) is 0. The molecule has 0 fully saturated rings. The summed E-state index contributed by atoms with van der Waals surface area (Å²) in [6.45, 7) is -2.94. The summed E-state index contributed by atoms with van der Waals surface area (Å²) in [5, 5.41) is 7.17. The highest BCUT2D eigenvalue weighted by atomic mass is 79.9. The average Bonchev–Trinajstić information content (AvgIpc) is 3.11. The molecule has 0 saturated carbocycles. The summed E-state index contributed by atoms with van der Waals surface area (Å²) in [5.41, 5.74) is 0.203. The minimum atomic E-state index is -3.00. The number of hydrogen-bond acceptors (Lipinski definition) is 4. The van der Waals surface area contributed by atoms with Crippen molar-refractivity contribution in [3.63, 3.8) is 0 Å². The van der Waals surface area contributed by atoms with Crippen molar-refractivity contribution >= 4 is 39.1 Å². The molecule has 146 valence electrons. The lowest BCUT2D eigenvalue weighted by Crippen LogP contribution is -2.15. The number of ether oxygens (including phenoxy) is 2. The van der Waals surface area contributed by atoms with Crippen LogP contribution in [0.1, 0.15) is 10.5 Å². The van der Waals surface area contributed by atoms with Gasteiger partial charge in [-0.05, 0) is 52.3 Å². The Labute approximate surface area is 172 Å². The van der Waals surface area contributed by atoms with E-state index in [1.807, 2.05) is 0 Å². The van der Waals surface area contributed by atoms with Crippen molar-refractivity contribution in [2.24, 2.45) is 0 Å². The third-order valence-electron chi connectivity index (χ3n) is 3.47. The Morgan fingerprint density at radius 3 is 2.75 bits per heavy atom. The predicted molar refractivity (Wildman–Crippen MR) is 103 cm³/mol. The van der Waals surface area contributed by atoms with Gasteiger partial charge in [0, 0.05) is 11.2 Å². The second kappa shape index (κ2) is 9.03. The SMILES string of the molecule is O=C(Nc1ccccc1OC(F)F)c1ccn(COc2ccc(Cl)cc2Br)n1. The normalized spacial score (nSPS) is 10.8. The standard InChI is InChI=1S/C18H13BrClF2N3O3/c19-12-9-11(20)5-6-15(12)27-10-25-8-7-14(24-25)17(26)23-13-3-1-2-4-16(13)28-18(21)22/h1-9,18H,10H2,(H,23,26). The molecule has 1 heterocycles. The van der Waals surface area contributed by atoms with Crippen molar-refractivity contribution in [3.8, 4) is 11.5 Å². The quantitative estimate of drug-likeness (QED) is 0.514. The molecule has 0 saturated heterocycles. The molecule has 1 N–H and O–H groups in total. The molecule has 1 amide bonds. The van der Waals surface area contributed by atoms with Gasteiger partial charge >= 0.3 is 6.61 Å². The van der Waals surface area contributed by atoms with E-state index < -0.39 is 12.5 Å². The Bertz CT molecular complexity index is 984. The number of nitrogens with zero attached hydrogens (tertiary/aromatic N) is 2. The minimum Gasteiger partial charge on any atom is -0.470 e. The van der Waals surface area contributed by atoms with Crippen LogP contribution >= 0.6 is 27.5 Å². The van der Waals surface area contributed by atoms with E-state index in [1.54, 1.807) is 30.5 Å². The number of carbonyl (C=O) groups is 1. The summed E-state index contributed by atoms with van der Waals surface area (Å²) in [5.74, 6) is -0.151. The van der Waals surface area contributed by atoms with E-state index in [4.69, 9.17) is 16.3 Å². The fourth-order valence-electron chi connectivity index (χ4n) is 2.24. The van der Waals surface area contributed by atoms with Crippen LogP contribution in [0.4, 0.5) is 14.5 Å². The summed E-state index contributed by atoms with van der Waals surface area (Å²) < 4.78 is 37.0. The second-order valence-corrected chi connectivity index (χ2v) is 6.71. The predicted octanol–water partition coefficient (Wildman–Crippen LogP) is 5.19. The number of carbonyl (C=O) groups excluding carboxylic acids is 1. The van der Waals surface area contributed by atoms with E-state index >= 15 is 0 Å². The maximum atomic E-state index is 12.5. The van der Waals surface area contributed by atoms with E-state index in [-0.39, 0.29) is 23.9 Å². The van der Waals surface area contributed by atoms with Gasteiger partial charge in [0.25, 0.3) is 5.91 Å². The third-order valence-corrected chi connectivity index (χ3v) is 4.33. The number of anilines is 1. The molecule has 0 atom stereocenters. The number of alkyl halides is 2. The molecule has 0 spiro atoms. The fraction of sp³-hybridized carbons (Fsp3) is 0.111. The van der Waals surface area contributed by atoms with Crippen LogP contribution in [0.3, 0.4) is 0 Å². The van der Waals surface area contributed by atoms with Gasteiger partial charge in [-0.15, -0.1) is 0 Å². The van der Waals surface area contributed by atoms with Crippen molar-refractivity contribution in [1.82, 2.24) is 9.78 Å². The van der Waals surface area contributed by atoms with Crippen LogP contribution in [0, 0.1) is 0 Å². The molecule has 3 rings (SSSR count). The van der Waals surface area contributed by atoms with Gasteiger partial charge < -0.3 is 14.8 Å². The Hall–Kier alpha value is -2.65. The van der Waals surface area contributed by atoms with Gasteiger partial charge in [-0.2, -0.15) is 13.9 Å². The zero-order valence-corrected chi connectivity index (χ0v) is 16.5. The topological polar surface area (TPSA) is 65.4 Å². The van der Waals surface area contributed by atoms with Crippen LogP contribution in [0.15, 0.2) is 59.2 Å². The summed E-state index contributed by atoms with van der Waals surface area (Å²) >= 11 is 9.22. The Morgan fingerprint density at radius 2 is 2.00 bits per heavy atom. The molecule has 0 unspecified atom stereocenters. The molecule has 0 radical (unpaired) electrons. The highest BCUT2D eigenvalue weighted by molar-refractivity contribution is 9.10. The highest BCUT2D eigenvalue weighted by Gasteiger charge is 2.15. The van der Waals surface area contributed by atoms with Gasteiger partial charge in [0.2, 0.25) is 0 Å². The monoisotopic (exact) mass is 471 g/mol. The number of aromatic nitrogens is 2. The molecule has 3 aromatic rings. The first-order valence-electron chi connectivity index (χ1n) is 7.89. The molecule has 0 aliphatic heterocycles. The van der Waals surface area contributed by atoms with Gasteiger partial charge in [-0.1, -0.05) is 23.7 Å². The second-order valence-electron chi connectivity index (χ2n) is 5.42. The number of nitrogens with one attached hydrogen (secondary N) is 1. The molecule has 2 aromatic carbocycles. The molecule has 6 nitrogen and oxygen atoms in total. The molecular weight excluding hydrogens is 460 g/mol. The first-order chi connectivity index (χ1) is 13.4. The first-order valence-corrected chi connectivity index (χ1v) is 9.06. The van der Waals surface area contributed by atoms with Crippen LogP contribution in [-0.2, 0) is 6.73 Å². The van der Waals surface area contributed by atoms with E-state index in [2.05, 4.69) is 31.1 Å². The Kier molecular flexibility index (Phi) is 6.48. The number of para-hydroxylation sites is 2. The largest absolute Gasteiger partial charge is 0.470 e. The van der Waals surface area contributed by atoms with E-state index in [9.17, 15) is 13.6 Å². The van der Waals surface area contributed by atoms with E-state index in [0.29, 0.717) is 15.2 Å². The lowest BCUT2D eigenvalue weighted by atomic mass is 10.3. The Balaban J connectivity index is 1.64. The maximum Gasteiger partial charge on any atom is 0.387 e. The molecular formula is C18H13BrClF2N3O3. The van der Waals surface area contributed by atoms with Gasteiger partial charge in [0.05, 0.1) is 10.2 Å². The van der Waals surface area contributed by atoms with E-state index in [1.165, 1.54) is 28.9 Å². The number of halogens is 4. The maximum absolute atomic E-state index is 12.5. The molecule has 28 heavy (non-hydrogen) atoms. The highest BCUT2D eigenvalue weighted by Crippen LogP contribution is 2.28. The van der Waals surface area contributed by atoms with Gasteiger partial charge in [-0.3, -0.25) is 4.79 Å². The third kappa shape index (κ3) is 5.20. The molecule has 0 aliphatic carbocycles.